The Balaban J connectivity index is 2.13. The molecule has 1 fully saturated rings. The molecule has 2 rings (SSSR count). The molecular formula is C12H16BrN3O. The van der Waals surface area contributed by atoms with Crippen molar-refractivity contribution >= 4 is 27.5 Å². The molecule has 0 radical (unpaired) electrons. The first-order valence-corrected chi connectivity index (χ1v) is 6.54. The van der Waals surface area contributed by atoms with E-state index in [4.69, 9.17) is 5.73 Å². The molecule has 4 nitrogen and oxygen atoms in total. The number of carbonyl (C=O) groups excluding carboxylic acids is 1. The van der Waals surface area contributed by atoms with Gasteiger partial charge in [0.2, 0.25) is 5.91 Å². The fourth-order valence-electron chi connectivity index (χ4n) is 2.14. The van der Waals surface area contributed by atoms with Crippen molar-refractivity contribution < 1.29 is 4.79 Å². The van der Waals surface area contributed by atoms with Gasteiger partial charge in [-0.15, -0.1) is 0 Å². The van der Waals surface area contributed by atoms with Crippen LogP contribution in [-0.4, -0.2) is 16.4 Å². The maximum atomic E-state index is 12.1. The number of nitrogens with one attached hydrogen (secondary N) is 1. The molecule has 1 aliphatic carbocycles. The van der Waals surface area contributed by atoms with Crippen LogP contribution >= 0.6 is 15.9 Å². The molecule has 5 heteroatoms. The van der Waals surface area contributed by atoms with E-state index in [1.54, 1.807) is 6.07 Å². The van der Waals surface area contributed by atoms with Crippen LogP contribution in [0.1, 0.15) is 31.4 Å². The smallest absolute Gasteiger partial charge is 0.244 e. The van der Waals surface area contributed by atoms with E-state index in [1.807, 2.05) is 13.0 Å². The number of carbonyl (C=O) groups is 1. The third-order valence-electron chi connectivity index (χ3n) is 3.25. The topological polar surface area (TPSA) is 68.0 Å². The van der Waals surface area contributed by atoms with Crippen LogP contribution in [0, 0.1) is 6.92 Å². The highest BCUT2D eigenvalue weighted by atomic mass is 79.9. The SMILES string of the molecule is Cc1nc(Br)ccc1NC(=O)C1(N)CCCC1. The van der Waals surface area contributed by atoms with Gasteiger partial charge in [0, 0.05) is 0 Å². The van der Waals surface area contributed by atoms with Gasteiger partial charge in [-0.05, 0) is 47.8 Å². The Hall–Kier alpha value is -0.940. The van der Waals surface area contributed by atoms with E-state index in [1.165, 1.54) is 0 Å². The summed E-state index contributed by atoms with van der Waals surface area (Å²) in [6.45, 7) is 1.86. The summed E-state index contributed by atoms with van der Waals surface area (Å²) in [4.78, 5) is 16.3. The van der Waals surface area contributed by atoms with E-state index in [-0.39, 0.29) is 5.91 Å². The lowest BCUT2D eigenvalue weighted by Crippen LogP contribution is -2.48. The molecule has 1 aliphatic rings. The molecule has 0 bridgehead atoms. The van der Waals surface area contributed by atoms with Gasteiger partial charge in [0.25, 0.3) is 0 Å². The lowest BCUT2D eigenvalue weighted by Gasteiger charge is -2.22. The number of nitrogens with two attached hydrogens (primary N) is 1. The van der Waals surface area contributed by atoms with Crippen LogP contribution in [0.15, 0.2) is 16.7 Å². The summed E-state index contributed by atoms with van der Waals surface area (Å²) in [5, 5.41) is 2.87. The van der Waals surface area contributed by atoms with E-state index in [9.17, 15) is 4.79 Å². The molecule has 1 saturated carbocycles. The Morgan fingerprint density at radius 2 is 2.12 bits per heavy atom. The molecule has 0 unspecified atom stereocenters. The fourth-order valence-corrected chi connectivity index (χ4v) is 2.54. The highest BCUT2D eigenvalue weighted by molar-refractivity contribution is 9.10. The first-order valence-electron chi connectivity index (χ1n) is 5.75. The van der Waals surface area contributed by atoms with Crippen LogP contribution in [0.5, 0.6) is 0 Å². The van der Waals surface area contributed by atoms with Crippen LogP contribution < -0.4 is 11.1 Å². The van der Waals surface area contributed by atoms with Crippen molar-refractivity contribution in [3.63, 3.8) is 0 Å². The molecule has 0 spiro atoms. The van der Waals surface area contributed by atoms with E-state index < -0.39 is 5.54 Å². The number of anilines is 1. The summed E-state index contributed by atoms with van der Waals surface area (Å²) in [7, 11) is 0. The summed E-state index contributed by atoms with van der Waals surface area (Å²) in [5.74, 6) is -0.0952. The predicted octanol–water partition coefficient (Wildman–Crippen LogP) is 2.36. The van der Waals surface area contributed by atoms with Crippen LogP contribution in [0.25, 0.3) is 0 Å². The van der Waals surface area contributed by atoms with Gasteiger partial charge in [0.1, 0.15) is 4.60 Å². The quantitative estimate of drug-likeness (QED) is 0.824. The van der Waals surface area contributed by atoms with Gasteiger partial charge in [0.05, 0.1) is 16.9 Å². The molecule has 0 atom stereocenters. The first-order chi connectivity index (χ1) is 8.01. The number of aryl methyl sites for hydroxylation is 1. The molecule has 0 aromatic carbocycles. The molecular weight excluding hydrogens is 282 g/mol. The van der Waals surface area contributed by atoms with Gasteiger partial charge in [-0.1, -0.05) is 12.8 Å². The first kappa shape index (κ1) is 12.5. The Morgan fingerprint density at radius 1 is 1.47 bits per heavy atom. The van der Waals surface area contributed by atoms with Crippen molar-refractivity contribution in [1.82, 2.24) is 4.98 Å². The number of nitrogens with zero attached hydrogens (tertiary/aromatic N) is 1. The average Bonchev–Trinajstić information content (AvgIpc) is 2.71. The molecule has 1 amide bonds. The summed E-state index contributed by atoms with van der Waals surface area (Å²) >= 11 is 3.29. The second kappa shape index (κ2) is 4.74. The van der Waals surface area contributed by atoms with Crippen LogP contribution in [0.2, 0.25) is 0 Å². The zero-order valence-electron chi connectivity index (χ0n) is 9.79. The van der Waals surface area contributed by atoms with Crippen molar-refractivity contribution in [2.45, 2.75) is 38.1 Å². The summed E-state index contributed by atoms with van der Waals surface area (Å²) in [6, 6.07) is 3.64. The van der Waals surface area contributed by atoms with Crippen molar-refractivity contribution in [3.05, 3.63) is 22.4 Å². The number of halogens is 1. The van der Waals surface area contributed by atoms with Crippen molar-refractivity contribution in [3.8, 4) is 0 Å². The minimum absolute atomic E-state index is 0.0952. The van der Waals surface area contributed by atoms with Crippen molar-refractivity contribution in [1.29, 1.82) is 0 Å². The van der Waals surface area contributed by atoms with Gasteiger partial charge in [-0.2, -0.15) is 0 Å². The number of aromatic nitrogens is 1. The van der Waals surface area contributed by atoms with Crippen LogP contribution in [0.4, 0.5) is 5.69 Å². The van der Waals surface area contributed by atoms with Crippen molar-refractivity contribution in [2.75, 3.05) is 5.32 Å². The molecule has 1 heterocycles. The molecule has 0 aliphatic heterocycles. The van der Waals surface area contributed by atoms with E-state index >= 15 is 0 Å². The highest BCUT2D eigenvalue weighted by Gasteiger charge is 2.37. The molecule has 1 aromatic heterocycles. The Bertz CT molecular complexity index is 441. The van der Waals surface area contributed by atoms with Crippen LogP contribution in [-0.2, 0) is 4.79 Å². The predicted molar refractivity (Wildman–Crippen MR) is 70.7 cm³/mol. The maximum absolute atomic E-state index is 12.1. The number of pyridine rings is 1. The van der Waals surface area contributed by atoms with Gasteiger partial charge < -0.3 is 11.1 Å². The Labute approximate surface area is 109 Å². The summed E-state index contributed by atoms with van der Waals surface area (Å²) < 4.78 is 0.760. The third-order valence-corrected chi connectivity index (χ3v) is 3.69. The number of hydrogen-bond donors (Lipinski definition) is 2. The fraction of sp³-hybridized carbons (Fsp3) is 0.500. The number of hydrogen-bond acceptors (Lipinski definition) is 3. The molecule has 3 N–H and O–H groups in total. The molecule has 0 saturated heterocycles. The highest BCUT2D eigenvalue weighted by Crippen LogP contribution is 2.28. The minimum Gasteiger partial charge on any atom is -0.323 e. The summed E-state index contributed by atoms with van der Waals surface area (Å²) in [6.07, 6.45) is 3.59. The lowest BCUT2D eigenvalue weighted by molar-refractivity contribution is -0.121. The van der Waals surface area contributed by atoms with Gasteiger partial charge in [-0.25, -0.2) is 4.98 Å². The van der Waals surface area contributed by atoms with E-state index in [0.717, 1.165) is 41.7 Å². The van der Waals surface area contributed by atoms with E-state index in [2.05, 4.69) is 26.2 Å². The zero-order chi connectivity index (χ0) is 12.5. The second-order valence-electron chi connectivity index (χ2n) is 4.58. The van der Waals surface area contributed by atoms with Gasteiger partial charge in [-0.3, -0.25) is 4.79 Å². The Morgan fingerprint density at radius 3 is 2.71 bits per heavy atom. The molecule has 92 valence electrons. The van der Waals surface area contributed by atoms with E-state index in [0.29, 0.717) is 0 Å². The maximum Gasteiger partial charge on any atom is 0.244 e. The van der Waals surface area contributed by atoms with Gasteiger partial charge in [0.15, 0.2) is 0 Å². The third kappa shape index (κ3) is 2.66. The van der Waals surface area contributed by atoms with Gasteiger partial charge >= 0.3 is 0 Å². The minimum atomic E-state index is -0.695. The van der Waals surface area contributed by atoms with Crippen LogP contribution in [0.3, 0.4) is 0 Å². The normalized spacial score (nSPS) is 18.1. The number of rotatable bonds is 2. The summed E-state index contributed by atoms with van der Waals surface area (Å²) in [5.41, 5.74) is 6.91. The standard InChI is InChI=1S/C12H16BrN3O/c1-8-9(4-5-10(13)15-8)16-11(17)12(14)6-2-3-7-12/h4-5H,2-3,6-7,14H2,1H3,(H,16,17). The zero-order valence-corrected chi connectivity index (χ0v) is 11.4. The molecule has 17 heavy (non-hydrogen) atoms. The monoisotopic (exact) mass is 297 g/mol. The molecule has 1 aromatic rings. The second-order valence-corrected chi connectivity index (χ2v) is 5.40. The Kier molecular flexibility index (Phi) is 3.49. The average molecular weight is 298 g/mol. The van der Waals surface area contributed by atoms with Crippen molar-refractivity contribution in [2.24, 2.45) is 5.73 Å². The largest absolute Gasteiger partial charge is 0.323 e. The lowest BCUT2D eigenvalue weighted by atomic mass is 9.98. The number of amides is 1.